The van der Waals surface area contributed by atoms with E-state index in [1.807, 2.05) is 6.07 Å². The molecule has 82 valence electrons. The molecule has 5 heteroatoms. The van der Waals surface area contributed by atoms with Gasteiger partial charge >= 0.3 is 6.03 Å². The summed E-state index contributed by atoms with van der Waals surface area (Å²) in [6.07, 6.45) is 1.59. The fraction of sp³-hybridized carbons (Fsp3) is 0.0909. The minimum atomic E-state index is -0.501. The molecule has 1 aromatic carbocycles. The number of urea groups is 1. The molecule has 16 heavy (non-hydrogen) atoms. The van der Waals surface area contributed by atoms with Crippen LogP contribution in [0.2, 0.25) is 0 Å². The third-order valence-electron chi connectivity index (χ3n) is 2.12. The molecule has 0 bridgehead atoms. The Morgan fingerprint density at radius 1 is 1.25 bits per heavy atom. The summed E-state index contributed by atoms with van der Waals surface area (Å²) in [6, 6.07) is 6.69. The number of methoxy groups -OCH3 is 1. The lowest BCUT2D eigenvalue weighted by Gasteiger charge is -2.00. The number of carbonyl (C=O) groups is 2. The van der Waals surface area contributed by atoms with Gasteiger partial charge in [-0.2, -0.15) is 0 Å². The van der Waals surface area contributed by atoms with Crippen LogP contribution in [-0.4, -0.2) is 19.0 Å². The fourth-order valence-electron chi connectivity index (χ4n) is 1.38. The van der Waals surface area contributed by atoms with E-state index >= 15 is 0 Å². The van der Waals surface area contributed by atoms with Gasteiger partial charge in [0.2, 0.25) is 0 Å². The van der Waals surface area contributed by atoms with E-state index < -0.39 is 11.9 Å². The maximum atomic E-state index is 11.2. The van der Waals surface area contributed by atoms with E-state index in [0.717, 1.165) is 5.56 Å². The minimum Gasteiger partial charge on any atom is -0.497 e. The third kappa shape index (κ3) is 2.03. The summed E-state index contributed by atoms with van der Waals surface area (Å²) in [6.45, 7) is 0. The highest BCUT2D eigenvalue weighted by Gasteiger charge is 2.22. The molecule has 1 aliphatic heterocycles. The zero-order valence-electron chi connectivity index (χ0n) is 8.61. The van der Waals surface area contributed by atoms with Crippen molar-refractivity contribution in [1.82, 2.24) is 10.6 Å². The Bertz CT molecular complexity index is 480. The molecule has 0 saturated carbocycles. The standard InChI is InChI=1S/C11H10N2O3/c1-16-8-4-2-3-7(5-8)6-9-10(14)13-11(15)12-9/h2-6H,1H3,(H2,12,13,14,15)/b9-6+. The van der Waals surface area contributed by atoms with Gasteiger partial charge < -0.3 is 10.1 Å². The Morgan fingerprint density at radius 3 is 2.69 bits per heavy atom. The van der Waals surface area contributed by atoms with Crippen LogP contribution >= 0.6 is 0 Å². The van der Waals surface area contributed by atoms with E-state index in [4.69, 9.17) is 4.74 Å². The van der Waals surface area contributed by atoms with Crippen molar-refractivity contribution in [2.45, 2.75) is 0 Å². The van der Waals surface area contributed by atoms with Gasteiger partial charge in [-0.05, 0) is 23.8 Å². The largest absolute Gasteiger partial charge is 0.497 e. The van der Waals surface area contributed by atoms with Gasteiger partial charge in [-0.15, -0.1) is 0 Å². The van der Waals surface area contributed by atoms with Crippen molar-refractivity contribution < 1.29 is 14.3 Å². The van der Waals surface area contributed by atoms with Gasteiger partial charge in [0, 0.05) is 0 Å². The van der Waals surface area contributed by atoms with Crippen molar-refractivity contribution in [2.75, 3.05) is 7.11 Å². The molecule has 0 spiro atoms. The van der Waals surface area contributed by atoms with Gasteiger partial charge in [0.05, 0.1) is 7.11 Å². The van der Waals surface area contributed by atoms with Crippen molar-refractivity contribution >= 4 is 18.0 Å². The zero-order valence-corrected chi connectivity index (χ0v) is 8.61. The predicted octanol–water partition coefficient (Wildman–Crippen LogP) is 0.875. The number of hydrogen-bond donors (Lipinski definition) is 2. The molecule has 0 aromatic heterocycles. The molecule has 3 amide bonds. The van der Waals surface area contributed by atoms with Crippen LogP contribution in [-0.2, 0) is 4.79 Å². The molecule has 0 radical (unpaired) electrons. The Kier molecular flexibility index (Phi) is 2.59. The number of benzene rings is 1. The molecule has 0 unspecified atom stereocenters. The van der Waals surface area contributed by atoms with E-state index in [1.54, 1.807) is 31.4 Å². The molecule has 0 atom stereocenters. The molecule has 2 rings (SSSR count). The Balaban J connectivity index is 2.28. The highest BCUT2D eigenvalue weighted by Crippen LogP contribution is 2.15. The number of nitrogens with one attached hydrogen (secondary N) is 2. The first-order valence-corrected chi connectivity index (χ1v) is 4.67. The van der Waals surface area contributed by atoms with Crippen LogP contribution < -0.4 is 15.4 Å². The van der Waals surface area contributed by atoms with Crippen LogP contribution in [0.25, 0.3) is 6.08 Å². The lowest BCUT2D eigenvalue weighted by Crippen LogP contribution is -2.22. The lowest BCUT2D eigenvalue weighted by molar-refractivity contribution is -0.115. The minimum absolute atomic E-state index is 0.234. The summed E-state index contributed by atoms with van der Waals surface area (Å²) < 4.78 is 5.05. The van der Waals surface area contributed by atoms with Crippen LogP contribution in [0.15, 0.2) is 30.0 Å². The maximum absolute atomic E-state index is 11.2. The van der Waals surface area contributed by atoms with E-state index in [1.165, 1.54) is 0 Å². The average molecular weight is 218 g/mol. The van der Waals surface area contributed by atoms with Gasteiger partial charge in [-0.3, -0.25) is 10.1 Å². The van der Waals surface area contributed by atoms with Crippen molar-refractivity contribution in [3.8, 4) is 5.75 Å². The fourth-order valence-corrected chi connectivity index (χ4v) is 1.38. The number of imide groups is 1. The van der Waals surface area contributed by atoms with E-state index in [-0.39, 0.29) is 5.70 Å². The number of rotatable bonds is 2. The third-order valence-corrected chi connectivity index (χ3v) is 2.12. The van der Waals surface area contributed by atoms with Crippen molar-refractivity contribution in [1.29, 1.82) is 0 Å². The lowest BCUT2D eigenvalue weighted by atomic mass is 10.2. The van der Waals surface area contributed by atoms with Crippen molar-refractivity contribution in [3.63, 3.8) is 0 Å². The summed E-state index contributed by atoms with van der Waals surface area (Å²) in [5.74, 6) is 0.270. The molecular weight excluding hydrogens is 208 g/mol. The molecule has 2 N–H and O–H groups in total. The Morgan fingerprint density at radius 2 is 2.06 bits per heavy atom. The van der Waals surface area contributed by atoms with Crippen LogP contribution in [0.5, 0.6) is 5.75 Å². The molecule has 1 heterocycles. The average Bonchev–Trinajstić information content (AvgIpc) is 2.58. The molecule has 1 fully saturated rings. The Labute approximate surface area is 92.1 Å². The monoisotopic (exact) mass is 218 g/mol. The smallest absolute Gasteiger partial charge is 0.326 e. The van der Waals surface area contributed by atoms with Gasteiger partial charge in [0.1, 0.15) is 11.4 Å². The first kappa shape index (κ1) is 10.2. The number of amides is 3. The van der Waals surface area contributed by atoms with E-state index in [0.29, 0.717) is 5.75 Å². The molecule has 1 saturated heterocycles. The topological polar surface area (TPSA) is 67.4 Å². The van der Waals surface area contributed by atoms with Crippen LogP contribution in [0, 0.1) is 0 Å². The summed E-state index contributed by atoms with van der Waals surface area (Å²) in [4.78, 5) is 22.1. The van der Waals surface area contributed by atoms with Crippen LogP contribution in [0.3, 0.4) is 0 Å². The van der Waals surface area contributed by atoms with Gasteiger partial charge in [0.15, 0.2) is 0 Å². The summed E-state index contributed by atoms with van der Waals surface area (Å²) in [7, 11) is 1.57. The van der Waals surface area contributed by atoms with E-state index in [2.05, 4.69) is 10.6 Å². The summed E-state index contributed by atoms with van der Waals surface area (Å²) in [5.41, 5.74) is 1.02. The molecule has 5 nitrogen and oxygen atoms in total. The predicted molar refractivity (Wildman–Crippen MR) is 57.6 cm³/mol. The molecular formula is C11H10N2O3. The second-order valence-corrected chi connectivity index (χ2v) is 3.24. The van der Waals surface area contributed by atoms with Crippen molar-refractivity contribution in [3.05, 3.63) is 35.5 Å². The highest BCUT2D eigenvalue weighted by atomic mass is 16.5. The van der Waals surface area contributed by atoms with Gasteiger partial charge in [-0.25, -0.2) is 4.79 Å². The number of hydrogen-bond acceptors (Lipinski definition) is 3. The first-order valence-electron chi connectivity index (χ1n) is 4.67. The number of ether oxygens (including phenoxy) is 1. The molecule has 0 aliphatic carbocycles. The van der Waals surface area contributed by atoms with Crippen LogP contribution in [0.4, 0.5) is 4.79 Å². The van der Waals surface area contributed by atoms with Gasteiger partial charge in [0.25, 0.3) is 5.91 Å². The van der Waals surface area contributed by atoms with Crippen LogP contribution in [0.1, 0.15) is 5.56 Å². The molecule has 1 aliphatic rings. The molecule has 1 aromatic rings. The maximum Gasteiger partial charge on any atom is 0.326 e. The zero-order chi connectivity index (χ0) is 11.5. The first-order chi connectivity index (χ1) is 7.69. The van der Waals surface area contributed by atoms with Crippen molar-refractivity contribution in [2.24, 2.45) is 0 Å². The summed E-state index contributed by atoms with van der Waals surface area (Å²) in [5, 5.41) is 4.54. The second-order valence-electron chi connectivity index (χ2n) is 3.24. The Hall–Kier alpha value is -2.30. The normalized spacial score (nSPS) is 17.2. The van der Waals surface area contributed by atoms with Gasteiger partial charge in [-0.1, -0.05) is 12.1 Å². The number of carbonyl (C=O) groups excluding carboxylic acids is 2. The second kappa shape index (κ2) is 4.06. The van der Waals surface area contributed by atoms with E-state index in [9.17, 15) is 9.59 Å². The highest BCUT2D eigenvalue weighted by molar-refractivity contribution is 6.13. The summed E-state index contributed by atoms with van der Waals surface area (Å²) >= 11 is 0. The quantitative estimate of drug-likeness (QED) is 0.572. The SMILES string of the molecule is COc1cccc(/C=C2/NC(=O)NC2=O)c1.